The third kappa shape index (κ3) is 3.16. The van der Waals surface area contributed by atoms with Crippen molar-refractivity contribution in [2.45, 2.75) is 19.5 Å². The highest BCUT2D eigenvalue weighted by atomic mass is 32.1. The van der Waals surface area contributed by atoms with E-state index < -0.39 is 0 Å². The molecule has 0 spiro atoms. The van der Waals surface area contributed by atoms with Gasteiger partial charge < -0.3 is 10.4 Å². The number of aliphatic hydroxyl groups is 1. The van der Waals surface area contributed by atoms with E-state index in [1.165, 1.54) is 16.0 Å². The van der Waals surface area contributed by atoms with E-state index in [1.807, 2.05) is 18.2 Å². The summed E-state index contributed by atoms with van der Waals surface area (Å²) < 4.78 is 0. The van der Waals surface area contributed by atoms with Crippen LogP contribution in [0.1, 0.15) is 22.0 Å². The van der Waals surface area contributed by atoms with Gasteiger partial charge in [0.25, 0.3) is 0 Å². The molecule has 0 aliphatic carbocycles. The Balaban J connectivity index is 2.04. The van der Waals surface area contributed by atoms with Gasteiger partial charge in [-0.15, -0.1) is 11.3 Å². The third-order valence-electron chi connectivity index (χ3n) is 2.85. The maximum atomic E-state index is 9.47. The molecule has 0 radical (unpaired) electrons. The van der Waals surface area contributed by atoms with Gasteiger partial charge in [0.05, 0.1) is 12.6 Å². The SMILES string of the molecule is Cc1ccccc1C(CO)NCc1cccs1. The van der Waals surface area contributed by atoms with E-state index in [4.69, 9.17) is 0 Å². The first kappa shape index (κ1) is 12.3. The Labute approximate surface area is 106 Å². The summed E-state index contributed by atoms with van der Waals surface area (Å²) in [6, 6.07) is 12.3. The molecule has 90 valence electrons. The molecule has 0 fully saturated rings. The second kappa shape index (κ2) is 5.96. The Kier molecular flexibility index (Phi) is 4.31. The molecule has 1 aromatic carbocycles. The molecule has 2 aromatic rings. The van der Waals surface area contributed by atoms with E-state index in [9.17, 15) is 5.11 Å². The highest BCUT2D eigenvalue weighted by Gasteiger charge is 2.11. The molecule has 0 saturated carbocycles. The summed E-state index contributed by atoms with van der Waals surface area (Å²) in [6.45, 7) is 3.00. The van der Waals surface area contributed by atoms with Crippen LogP contribution in [0, 0.1) is 6.92 Å². The minimum Gasteiger partial charge on any atom is -0.394 e. The zero-order valence-electron chi connectivity index (χ0n) is 9.89. The summed E-state index contributed by atoms with van der Waals surface area (Å²) in [5.41, 5.74) is 2.39. The lowest BCUT2D eigenvalue weighted by atomic mass is 10.0. The minimum atomic E-state index is 0.0123. The lowest BCUT2D eigenvalue weighted by Gasteiger charge is -2.18. The van der Waals surface area contributed by atoms with Crippen LogP contribution in [-0.2, 0) is 6.54 Å². The molecule has 1 unspecified atom stereocenters. The van der Waals surface area contributed by atoms with E-state index >= 15 is 0 Å². The maximum absolute atomic E-state index is 9.47. The fraction of sp³-hybridized carbons (Fsp3) is 0.286. The Morgan fingerprint density at radius 2 is 2.06 bits per heavy atom. The first-order valence-electron chi connectivity index (χ1n) is 5.73. The third-order valence-corrected chi connectivity index (χ3v) is 3.73. The Bertz CT molecular complexity index is 453. The van der Waals surface area contributed by atoms with Crippen LogP contribution in [0.15, 0.2) is 41.8 Å². The molecular formula is C14H17NOS. The van der Waals surface area contributed by atoms with Crippen LogP contribution in [0.3, 0.4) is 0 Å². The average molecular weight is 247 g/mol. The van der Waals surface area contributed by atoms with Crippen LogP contribution in [0.2, 0.25) is 0 Å². The van der Waals surface area contributed by atoms with Crippen LogP contribution < -0.4 is 5.32 Å². The lowest BCUT2D eigenvalue weighted by Crippen LogP contribution is -2.24. The highest BCUT2D eigenvalue weighted by Crippen LogP contribution is 2.18. The molecule has 0 aliphatic heterocycles. The number of aliphatic hydroxyl groups excluding tert-OH is 1. The monoisotopic (exact) mass is 247 g/mol. The molecule has 17 heavy (non-hydrogen) atoms. The summed E-state index contributed by atoms with van der Waals surface area (Å²) in [4.78, 5) is 1.29. The molecule has 0 saturated heterocycles. The Morgan fingerprint density at radius 3 is 2.71 bits per heavy atom. The number of hydrogen-bond donors (Lipinski definition) is 2. The second-order valence-corrected chi connectivity index (χ2v) is 5.08. The van der Waals surface area contributed by atoms with Crippen molar-refractivity contribution in [2.24, 2.45) is 0 Å². The van der Waals surface area contributed by atoms with Gasteiger partial charge in [-0.3, -0.25) is 0 Å². The predicted octanol–water partition coefficient (Wildman–Crippen LogP) is 2.88. The van der Waals surface area contributed by atoms with Crippen molar-refractivity contribution >= 4 is 11.3 Å². The first-order valence-corrected chi connectivity index (χ1v) is 6.61. The van der Waals surface area contributed by atoms with Crippen LogP contribution in [0.25, 0.3) is 0 Å². The molecule has 0 aliphatic rings. The number of nitrogens with one attached hydrogen (secondary N) is 1. The number of benzene rings is 1. The largest absolute Gasteiger partial charge is 0.394 e. The summed E-state index contributed by atoms with van der Waals surface area (Å²) in [5, 5.41) is 14.9. The van der Waals surface area contributed by atoms with Crippen molar-refractivity contribution < 1.29 is 5.11 Å². The van der Waals surface area contributed by atoms with Crippen molar-refractivity contribution in [1.82, 2.24) is 5.32 Å². The summed E-state index contributed by atoms with van der Waals surface area (Å²) in [6.07, 6.45) is 0. The molecule has 1 heterocycles. The first-order chi connectivity index (χ1) is 8.31. The Hall–Kier alpha value is -1.16. The molecule has 2 nitrogen and oxygen atoms in total. The van der Waals surface area contributed by atoms with Gasteiger partial charge in [-0.1, -0.05) is 30.3 Å². The van der Waals surface area contributed by atoms with Crippen LogP contribution in [0.5, 0.6) is 0 Å². The molecule has 0 bridgehead atoms. The van der Waals surface area contributed by atoms with Gasteiger partial charge in [0.15, 0.2) is 0 Å². The van der Waals surface area contributed by atoms with E-state index in [1.54, 1.807) is 11.3 Å². The van der Waals surface area contributed by atoms with Crippen LogP contribution >= 0.6 is 11.3 Å². The van der Waals surface area contributed by atoms with Crippen LogP contribution in [0.4, 0.5) is 0 Å². The standard InChI is InChI=1S/C14H17NOS/c1-11-5-2-3-7-13(11)14(10-16)15-9-12-6-4-8-17-12/h2-8,14-16H,9-10H2,1H3. The quantitative estimate of drug-likeness (QED) is 0.851. The molecule has 3 heteroatoms. The average Bonchev–Trinajstić information content (AvgIpc) is 2.85. The number of rotatable bonds is 5. The predicted molar refractivity (Wildman–Crippen MR) is 72.2 cm³/mol. The Morgan fingerprint density at radius 1 is 1.24 bits per heavy atom. The van der Waals surface area contributed by atoms with E-state index in [0.29, 0.717) is 0 Å². The number of hydrogen-bond acceptors (Lipinski definition) is 3. The molecule has 2 N–H and O–H groups in total. The molecule has 0 amide bonds. The van der Waals surface area contributed by atoms with Gasteiger partial charge in [0.1, 0.15) is 0 Å². The fourth-order valence-electron chi connectivity index (χ4n) is 1.89. The van der Waals surface area contributed by atoms with Crippen molar-refractivity contribution in [2.75, 3.05) is 6.61 Å². The van der Waals surface area contributed by atoms with Crippen molar-refractivity contribution in [3.8, 4) is 0 Å². The minimum absolute atomic E-state index is 0.0123. The number of aryl methyl sites for hydroxylation is 1. The van der Waals surface area contributed by atoms with Gasteiger partial charge in [-0.25, -0.2) is 0 Å². The topological polar surface area (TPSA) is 32.3 Å². The van der Waals surface area contributed by atoms with Gasteiger partial charge in [0.2, 0.25) is 0 Å². The van der Waals surface area contributed by atoms with Gasteiger partial charge in [0, 0.05) is 11.4 Å². The van der Waals surface area contributed by atoms with E-state index in [-0.39, 0.29) is 12.6 Å². The van der Waals surface area contributed by atoms with Gasteiger partial charge >= 0.3 is 0 Å². The molecule has 2 rings (SSSR count). The zero-order valence-corrected chi connectivity index (χ0v) is 10.7. The summed E-state index contributed by atoms with van der Waals surface area (Å²) >= 11 is 1.73. The lowest BCUT2D eigenvalue weighted by molar-refractivity contribution is 0.243. The van der Waals surface area contributed by atoms with Gasteiger partial charge in [-0.05, 0) is 29.5 Å². The second-order valence-electron chi connectivity index (χ2n) is 4.05. The van der Waals surface area contributed by atoms with Crippen molar-refractivity contribution in [3.05, 3.63) is 57.8 Å². The van der Waals surface area contributed by atoms with Crippen molar-refractivity contribution in [1.29, 1.82) is 0 Å². The normalized spacial score (nSPS) is 12.6. The fourth-order valence-corrected chi connectivity index (χ4v) is 2.54. The summed E-state index contributed by atoms with van der Waals surface area (Å²) in [7, 11) is 0. The molecule has 1 atom stereocenters. The smallest absolute Gasteiger partial charge is 0.0626 e. The summed E-state index contributed by atoms with van der Waals surface area (Å²) in [5.74, 6) is 0. The van der Waals surface area contributed by atoms with Crippen molar-refractivity contribution in [3.63, 3.8) is 0 Å². The maximum Gasteiger partial charge on any atom is 0.0626 e. The van der Waals surface area contributed by atoms with Crippen LogP contribution in [-0.4, -0.2) is 11.7 Å². The zero-order chi connectivity index (χ0) is 12.1. The molecule has 1 aromatic heterocycles. The van der Waals surface area contributed by atoms with Gasteiger partial charge in [-0.2, -0.15) is 0 Å². The molecular weight excluding hydrogens is 230 g/mol. The number of thiophene rings is 1. The van der Waals surface area contributed by atoms with E-state index in [2.05, 4.69) is 35.8 Å². The van der Waals surface area contributed by atoms with E-state index in [0.717, 1.165) is 6.54 Å². The highest BCUT2D eigenvalue weighted by molar-refractivity contribution is 7.09.